The number of aliphatic hydroxyl groups is 1. The van der Waals surface area contributed by atoms with Crippen molar-refractivity contribution in [2.24, 2.45) is 0 Å². The molecule has 0 spiro atoms. The van der Waals surface area contributed by atoms with Crippen LogP contribution in [0.2, 0.25) is 0 Å². The maximum atomic E-state index is 10.3. The molecule has 0 aliphatic carbocycles. The average molecular weight is 387 g/mol. The number of rotatable bonds is 17. The zero-order valence-corrected chi connectivity index (χ0v) is 17.5. The first-order valence-corrected chi connectivity index (χ1v) is 10.6. The van der Waals surface area contributed by atoms with Crippen LogP contribution in [0.4, 0.5) is 0 Å². The van der Waals surface area contributed by atoms with Crippen molar-refractivity contribution in [3.8, 4) is 0 Å². The lowest BCUT2D eigenvalue weighted by Gasteiger charge is -2.10. The van der Waals surface area contributed by atoms with Gasteiger partial charge in [-0.1, -0.05) is 84.1 Å². The molecule has 0 aromatic heterocycles. The van der Waals surface area contributed by atoms with Crippen molar-refractivity contribution in [3.63, 3.8) is 0 Å². The minimum Gasteiger partial charge on any atom is -0.481 e. The van der Waals surface area contributed by atoms with E-state index >= 15 is 0 Å². The van der Waals surface area contributed by atoms with E-state index < -0.39 is 11.9 Å². The van der Waals surface area contributed by atoms with E-state index in [4.69, 9.17) is 10.2 Å². The highest BCUT2D eigenvalue weighted by molar-refractivity contribution is 5.84. The zero-order chi connectivity index (χ0) is 20.9. The van der Waals surface area contributed by atoms with Gasteiger partial charge in [0.2, 0.25) is 0 Å². The highest BCUT2D eigenvalue weighted by atomic mass is 16.4. The first-order valence-electron chi connectivity index (χ1n) is 10.6. The van der Waals surface area contributed by atoms with Crippen LogP contribution >= 0.6 is 0 Å². The Labute approximate surface area is 165 Å². The molecule has 0 aromatic rings. The number of hydrogen-bond acceptors (Lipinski definition) is 3. The molecule has 0 saturated heterocycles. The minimum absolute atomic E-state index is 0.0853. The van der Waals surface area contributed by atoms with Gasteiger partial charge in [-0.2, -0.15) is 0 Å². The lowest BCUT2D eigenvalue weighted by molar-refractivity contribution is -0.137. The summed E-state index contributed by atoms with van der Waals surface area (Å²) in [6, 6.07) is 0. The molecule has 0 saturated carbocycles. The van der Waals surface area contributed by atoms with Gasteiger partial charge in [0.15, 0.2) is 0 Å². The largest absolute Gasteiger partial charge is 0.481 e. The number of carboxylic acids is 2. The lowest BCUT2D eigenvalue weighted by atomic mass is 10.0. The second-order valence-electron chi connectivity index (χ2n) is 7.35. The normalized spacial score (nSPS) is 11.4. The number of carbonyl (C=O) groups is 2. The van der Waals surface area contributed by atoms with Gasteiger partial charge in [-0.25, -0.2) is 4.79 Å². The smallest absolute Gasteiger partial charge is 0.330 e. The maximum absolute atomic E-state index is 10.3. The molecule has 160 valence electrons. The molecule has 0 heterocycles. The molecular weight excluding hydrogens is 344 g/mol. The van der Waals surface area contributed by atoms with Gasteiger partial charge in [0.05, 0.1) is 6.10 Å². The Morgan fingerprint density at radius 1 is 0.778 bits per heavy atom. The van der Waals surface area contributed by atoms with Crippen LogP contribution in [0.25, 0.3) is 0 Å². The van der Waals surface area contributed by atoms with Gasteiger partial charge in [0, 0.05) is 12.0 Å². The molecule has 0 fully saturated rings. The van der Waals surface area contributed by atoms with Gasteiger partial charge in [0.25, 0.3) is 0 Å². The number of unbranched alkanes of at least 4 members (excludes halogenated alkanes) is 10. The predicted molar refractivity (Wildman–Crippen MR) is 111 cm³/mol. The standard InChI is InChI=1S/C18H36O3.C4H6O2/c1-2-3-4-11-14-17(19)15-12-9-7-5-6-8-10-13-16-18(20)21;1-3(2)4(5)6/h17,19H,2-16H2,1H3,(H,20,21);1H2,2H3,(H,5,6). The molecule has 1 atom stereocenters. The van der Waals surface area contributed by atoms with E-state index in [-0.39, 0.29) is 11.7 Å². The highest BCUT2D eigenvalue weighted by Crippen LogP contribution is 2.14. The second-order valence-corrected chi connectivity index (χ2v) is 7.35. The molecule has 0 aliphatic rings. The van der Waals surface area contributed by atoms with E-state index in [0.717, 1.165) is 38.5 Å². The van der Waals surface area contributed by atoms with Crippen molar-refractivity contribution < 1.29 is 24.9 Å². The minimum atomic E-state index is -0.935. The summed E-state index contributed by atoms with van der Waals surface area (Å²) < 4.78 is 0. The molecule has 0 radical (unpaired) electrons. The van der Waals surface area contributed by atoms with E-state index in [0.29, 0.717) is 6.42 Å². The molecule has 1 unspecified atom stereocenters. The fourth-order valence-electron chi connectivity index (χ4n) is 2.67. The predicted octanol–water partition coefficient (Wildman–Crippen LogP) is 5.95. The van der Waals surface area contributed by atoms with E-state index in [1.54, 1.807) is 0 Å². The van der Waals surface area contributed by atoms with Crippen molar-refractivity contribution >= 4 is 11.9 Å². The molecule has 0 bridgehead atoms. The third kappa shape index (κ3) is 27.0. The van der Waals surface area contributed by atoms with Crippen molar-refractivity contribution in [1.29, 1.82) is 0 Å². The maximum Gasteiger partial charge on any atom is 0.330 e. The molecule has 27 heavy (non-hydrogen) atoms. The molecule has 5 nitrogen and oxygen atoms in total. The van der Waals surface area contributed by atoms with Crippen LogP contribution in [-0.2, 0) is 9.59 Å². The highest BCUT2D eigenvalue weighted by Gasteiger charge is 2.03. The topological polar surface area (TPSA) is 94.8 Å². The summed E-state index contributed by atoms with van der Waals surface area (Å²) in [5.74, 6) is -1.61. The Morgan fingerprint density at radius 3 is 1.52 bits per heavy atom. The van der Waals surface area contributed by atoms with Crippen LogP contribution in [0.3, 0.4) is 0 Å². The molecule has 0 aromatic carbocycles. The van der Waals surface area contributed by atoms with Gasteiger partial charge < -0.3 is 15.3 Å². The SMILES string of the molecule is C=C(C)C(=O)O.CCCCCCC(O)CCCCCCCCCCC(=O)O. The fourth-order valence-corrected chi connectivity index (χ4v) is 2.67. The number of hydrogen-bond donors (Lipinski definition) is 3. The Hall–Kier alpha value is -1.36. The number of carboxylic acid groups (broad SMARTS) is 2. The summed E-state index contributed by atoms with van der Waals surface area (Å²) in [5, 5.41) is 26.3. The monoisotopic (exact) mass is 386 g/mol. The van der Waals surface area contributed by atoms with E-state index in [2.05, 4.69) is 13.5 Å². The van der Waals surface area contributed by atoms with Crippen LogP contribution in [0.1, 0.15) is 110 Å². The second kappa shape index (κ2) is 20.9. The summed E-state index contributed by atoms with van der Waals surface area (Å²) in [7, 11) is 0. The first kappa shape index (κ1) is 27.9. The number of aliphatic carboxylic acids is 2. The Balaban J connectivity index is 0. The zero-order valence-electron chi connectivity index (χ0n) is 17.5. The lowest BCUT2D eigenvalue weighted by Crippen LogP contribution is -2.05. The molecule has 0 amide bonds. The first-order chi connectivity index (χ1) is 12.8. The summed E-state index contributed by atoms with van der Waals surface area (Å²) in [4.78, 5) is 19.9. The summed E-state index contributed by atoms with van der Waals surface area (Å²) in [6.45, 7) is 6.81. The summed E-state index contributed by atoms with van der Waals surface area (Å²) >= 11 is 0. The van der Waals surface area contributed by atoms with Gasteiger partial charge in [-0.15, -0.1) is 0 Å². The van der Waals surface area contributed by atoms with Crippen molar-refractivity contribution in [2.45, 2.75) is 116 Å². The molecule has 0 rings (SSSR count). The van der Waals surface area contributed by atoms with E-state index in [1.807, 2.05) is 0 Å². The van der Waals surface area contributed by atoms with Crippen LogP contribution in [-0.4, -0.2) is 33.4 Å². The van der Waals surface area contributed by atoms with E-state index in [1.165, 1.54) is 58.3 Å². The third-order valence-electron chi connectivity index (χ3n) is 4.43. The Kier molecular flexibility index (Phi) is 21.6. The third-order valence-corrected chi connectivity index (χ3v) is 4.43. The summed E-state index contributed by atoms with van der Waals surface area (Å²) in [5.41, 5.74) is 0.176. The van der Waals surface area contributed by atoms with Crippen molar-refractivity contribution in [2.75, 3.05) is 0 Å². The molecule has 5 heteroatoms. The van der Waals surface area contributed by atoms with Crippen LogP contribution in [0.5, 0.6) is 0 Å². The van der Waals surface area contributed by atoms with Crippen LogP contribution in [0.15, 0.2) is 12.2 Å². The van der Waals surface area contributed by atoms with Crippen molar-refractivity contribution in [1.82, 2.24) is 0 Å². The fraction of sp³-hybridized carbons (Fsp3) is 0.818. The Morgan fingerprint density at radius 2 is 1.15 bits per heavy atom. The number of aliphatic hydroxyl groups excluding tert-OH is 1. The average Bonchev–Trinajstić information content (AvgIpc) is 2.60. The molecule has 0 aliphatic heterocycles. The van der Waals surface area contributed by atoms with Gasteiger partial charge in [-0.05, 0) is 26.2 Å². The van der Waals surface area contributed by atoms with Crippen molar-refractivity contribution in [3.05, 3.63) is 12.2 Å². The molecular formula is C22H42O5. The van der Waals surface area contributed by atoms with Gasteiger partial charge in [0.1, 0.15) is 0 Å². The van der Waals surface area contributed by atoms with Gasteiger partial charge >= 0.3 is 11.9 Å². The Bertz CT molecular complexity index is 367. The quantitative estimate of drug-likeness (QED) is 0.212. The molecule has 3 N–H and O–H groups in total. The van der Waals surface area contributed by atoms with Crippen LogP contribution < -0.4 is 0 Å². The van der Waals surface area contributed by atoms with Gasteiger partial charge in [-0.3, -0.25) is 4.79 Å². The van der Waals surface area contributed by atoms with Crippen LogP contribution in [0, 0.1) is 0 Å². The van der Waals surface area contributed by atoms with E-state index in [9.17, 15) is 14.7 Å². The summed E-state index contributed by atoms with van der Waals surface area (Å²) in [6.07, 6.45) is 16.3.